The quantitative estimate of drug-likeness (QED) is 0.832. The number of nitrogens with zero attached hydrogens (tertiary/aromatic N) is 1. The molecule has 1 aromatic carbocycles. The van der Waals surface area contributed by atoms with Crippen LogP contribution in [-0.4, -0.2) is 42.1 Å². The molecule has 0 radical (unpaired) electrons. The predicted molar refractivity (Wildman–Crippen MR) is 74.1 cm³/mol. The van der Waals surface area contributed by atoms with Crippen molar-refractivity contribution in [3.63, 3.8) is 0 Å². The van der Waals surface area contributed by atoms with Crippen molar-refractivity contribution < 1.29 is 19.4 Å². The molecule has 6 heteroatoms. The maximum Gasteiger partial charge on any atom is 0.305 e. The van der Waals surface area contributed by atoms with Crippen LogP contribution in [0.5, 0.6) is 5.75 Å². The molecule has 0 atom stereocenters. The Bertz CT molecular complexity index is 433. The Kier molecular flexibility index (Phi) is 6.35. The Balaban J connectivity index is 2.26. The maximum atomic E-state index is 11.6. The summed E-state index contributed by atoms with van der Waals surface area (Å²) in [5, 5.41) is 8.52. The first-order chi connectivity index (χ1) is 8.99. The smallest absolute Gasteiger partial charge is 0.305 e. The summed E-state index contributed by atoms with van der Waals surface area (Å²) >= 11 is 3.32. The molecule has 1 aromatic rings. The molecule has 5 nitrogen and oxygen atoms in total. The van der Waals surface area contributed by atoms with Crippen molar-refractivity contribution in [2.45, 2.75) is 12.8 Å². The molecule has 0 unspecified atom stereocenters. The van der Waals surface area contributed by atoms with Crippen LogP contribution in [-0.2, 0) is 9.59 Å². The van der Waals surface area contributed by atoms with Gasteiger partial charge in [-0.1, -0.05) is 15.9 Å². The number of aliphatic carboxylic acids is 1. The van der Waals surface area contributed by atoms with Crippen molar-refractivity contribution in [1.29, 1.82) is 0 Å². The molecule has 0 bridgehead atoms. The molecule has 0 spiro atoms. The first-order valence-electron chi connectivity index (χ1n) is 5.83. The van der Waals surface area contributed by atoms with E-state index in [9.17, 15) is 9.59 Å². The zero-order chi connectivity index (χ0) is 14.3. The van der Waals surface area contributed by atoms with E-state index in [0.29, 0.717) is 5.75 Å². The average Bonchev–Trinajstić information content (AvgIpc) is 2.38. The zero-order valence-electron chi connectivity index (χ0n) is 10.6. The largest absolute Gasteiger partial charge is 0.493 e. The minimum Gasteiger partial charge on any atom is -0.493 e. The number of hydrogen-bond acceptors (Lipinski definition) is 3. The van der Waals surface area contributed by atoms with Gasteiger partial charge in [-0.05, 0) is 24.3 Å². The number of hydrogen-bond donors (Lipinski definition) is 1. The average molecular weight is 330 g/mol. The zero-order valence-corrected chi connectivity index (χ0v) is 12.2. The van der Waals surface area contributed by atoms with E-state index < -0.39 is 5.97 Å². The van der Waals surface area contributed by atoms with E-state index in [1.165, 1.54) is 4.90 Å². The Morgan fingerprint density at radius 3 is 2.47 bits per heavy atom. The number of rotatable bonds is 7. The van der Waals surface area contributed by atoms with Gasteiger partial charge in [-0.15, -0.1) is 0 Å². The predicted octanol–water partition coefficient (Wildman–Crippen LogP) is 2.15. The van der Waals surface area contributed by atoms with Crippen LogP contribution in [0.2, 0.25) is 0 Å². The summed E-state index contributed by atoms with van der Waals surface area (Å²) in [5.41, 5.74) is 0. The lowest BCUT2D eigenvalue weighted by Crippen LogP contribution is -2.30. The van der Waals surface area contributed by atoms with Crippen LogP contribution in [0.4, 0.5) is 0 Å². The fourth-order valence-electron chi connectivity index (χ4n) is 1.37. The van der Waals surface area contributed by atoms with Crippen LogP contribution < -0.4 is 4.74 Å². The van der Waals surface area contributed by atoms with Gasteiger partial charge in [0, 0.05) is 18.1 Å². The molecule has 1 rings (SSSR count). The topological polar surface area (TPSA) is 66.8 Å². The molecule has 0 fully saturated rings. The van der Waals surface area contributed by atoms with E-state index in [1.807, 2.05) is 24.3 Å². The molecule has 0 aliphatic rings. The molecular formula is C13H16BrNO4. The number of carboxylic acids is 1. The van der Waals surface area contributed by atoms with Crippen LogP contribution in [0.1, 0.15) is 12.8 Å². The van der Waals surface area contributed by atoms with Gasteiger partial charge in [0.25, 0.3) is 0 Å². The summed E-state index contributed by atoms with van der Waals surface area (Å²) in [6.45, 7) is 0.490. The van der Waals surface area contributed by atoms with Crippen LogP contribution in [0.25, 0.3) is 0 Å². The van der Waals surface area contributed by atoms with Crippen molar-refractivity contribution >= 4 is 27.8 Å². The molecule has 1 N–H and O–H groups in total. The second-order valence-corrected chi connectivity index (χ2v) is 4.93. The highest BCUT2D eigenvalue weighted by Gasteiger charge is 2.10. The first kappa shape index (κ1) is 15.5. The molecular weight excluding hydrogens is 314 g/mol. The van der Waals surface area contributed by atoms with Gasteiger partial charge in [-0.2, -0.15) is 0 Å². The van der Waals surface area contributed by atoms with Gasteiger partial charge < -0.3 is 14.7 Å². The van der Waals surface area contributed by atoms with Gasteiger partial charge in [-0.25, -0.2) is 0 Å². The van der Waals surface area contributed by atoms with Gasteiger partial charge in [0.15, 0.2) is 0 Å². The molecule has 104 valence electrons. The number of halogens is 1. The van der Waals surface area contributed by atoms with Crippen LogP contribution in [0.15, 0.2) is 28.7 Å². The standard InChI is InChI=1S/C13H16BrNO4/c1-15(8-6-13(17)18)12(16)7-9-19-11-4-2-10(14)3-5-11/h2-5H,6-9H2,1H3,(H,17,18). The molecule has 0 aliphatic heterocycles. The lowest BCUT2D eigenvalue weighted by atomic mass is 10.3. The van der Waals surface area contributed by atoms with Gasteiger partial charge in [0.2, 0.25) is 5.91 Å². The number of amides is 1. The van der Waals surface area contributed by atoms with Crippen molar-refractivity contribution in [3.8, 4) is 5.75 Å². The first-order valence-corrected chi connectivity index (χ1v) is 6.62. The van der Waals surface area contributed by atoms with E-state index in [-0.39, 0.29) is 31.9 Å². The van der Waals surface area contributed by atoms with Gasteiger partial charge in [-0.3, -0.25) is 9.59 Å². The molecule has 19 heavy (non-hydrogen) atoms. The second kappa shape index (κ2) is 7.78. The van der Waals surface area contributed by atoms with Gasteiger partial charge in [0.05, 0.1) is 19.4 Å². The Morgan fingerprint density at radius 1 is 1.26 bits per heavy atom. The summed E-state index contributed by atoms with van der Waals surface area (Å²) in [6, 6.07) is 7.33. The molecule has 0 saturated heterocycles. The van der Waals surface area contributed by atoms with Crippen molar-refractivity contribution in [2.75, 3.05) is 20.2 Å². The van der Waals surface area contributed by atoms with Crippen LogP contribution in [0.3, 0.4) is 0 Å². The van der Waals surface area contributed by atoms with Crippen molar-refractivity contribution in [1.82, 2.24) is 4.90 Å². The van der Waals surface area contributed by atoms with Crippen molar-refractivity contribution in [3.05, 3.63) is 28.7 Å². The third-order valence-electron chi connectivity index (χ3n) is 2.49. The minimum absolute atomic E-state index is 0.0458. The minimum atomic E-state index is -0.911. The van der Waals surface area contributed by atoms with E-state index in [2.05, 4.69) is 15.9 Å². The molecule has 0 aliphatic carbocycles. The summed E-state index contributed by atoms with van der Waals surface area (Å²) in [7, 11) is 1.59. The van der Waals surface area contributed by atoms with Gasteiger partial charge in [0.1, 0.15) is 5.75 Å². The SMILES string of the molecule is CN(CCC(=O)O)C(=O)CCOc1ccc(Br)cc1. The number of carboxylic acid groups (broad SMARTS) is 1. The Labute approximate surface area is 120 Å². The highest BCUT2D eigenvalue weighted by Crippen LogP contribution is 2.16. The fourth-order valence-corrected chi connectivity index (χ4v) is 1.63. The van der Waals surface area contributed by atoms with Crippen LogP contribution >= 0.6 is 15.9 Å². The Hall–Kier alpha value is -1.56. The second-order valence-electron chi connectivity index (χ2n) is 4.01. The molecule has 0 saturated carbocycles. The van der Waals surface area contributed by atoms with E-state index in [1.54, 1.807) is 7.05 Å². The third-order valence-corrected chi connectivity index (χ3v) is 3.01. The lowest BCUT2D eigenvalue weighted by molar-refractivity contribution is -0.138. The fraction of sp³-hybridized carbons (Fsp3) is 0.385. The number of carbonyl (C=O) groups is 2. The number of ether oxygens (including phenoxy) is 1. The van der Waals surface area contributed by atoms with Crippen LogP contribution in [0, 0.1) is 0 Å². The summed E-state index contributed by atoms with van der Waals surface area (Å²) < 4.78 is 6.39. The van der Waals surface area contributed by atoms with E-state index in [0.717, 1.165) is 4.47 Å². The summed E-state index contributed by atoms with van der Waals surface area (Å²) in [4.78, 5) is 23.4. The van der Waals surface area contributed by atoms with Crippen molar-refractivity contribution in [2.24, 2.45) is 0 Å². The molecule has 0 aromatic heterocycles. The maximum absolute atomic E-state index is 11.6. The Morgan fingerprint density at radius 2 is 1.89 bits per heavy atom. The third kappa shape index (κ3) is 6.24. The van der Waals surface area contributed by atoms with E-state index in [4.69, 9.17) is 9.84 Å². The van der Waals surface area contributed by atoms with Gasteiger partial charge >= 0.3 is 5.97 Å². The number of benzene rings is 1. The highest BCUT2D eigenvalue weighted by molar-refractivity contribution is 9.10. The molecule has 0 heterocycles. The monoisotopic (exact) mass is 329 g/mol. The molecule has 1 amide bonds. The summed E-state index contributed by atoms with van der Waals surface area (Å²) in [5.74, 6) is -0.340. The normalized spacial score (nSPS) is 10.0. The lowest BCUT2D eigenvalue weighted by Gasteiger charge is -2.16. The summed E-state index contributed by atoms with van der Waals surface area (Å²) in [6.07, 6.45) is 0.183. The van der Waals surface area contributed by atoms with E-state index >= 15 is 0 Å². The number of carbonyl (C=O) groups excluding carboxylic acids is 1. The highest BCUT2D eigenvalue weighted by atomic mass is 79.9.